The first-order valence-electron chi connectivity index (χ1n) is 26.6. The molecule has 0 N–H and O–H groups in total. The number of carbonyl (C=O) groups is 2. The van der Waals surface area contributed by atoms with Crippen LogP contribution in [0.4, 0.5) is 0 Å². The molecule has 0 radical (unpaired) electrons. The Morgan fingerprint density at radius 1 is 0.379 bits per heavy atom. The van der Waals surface area contributed by atoms with Crippen molar-refractivity contribution in [2.24, 2.45) is 17.8 Å². The van der Waals surface area contributed by atoms with E-state index >= 15 is 0 Å². The molecule has 0 aromatic rings. The molecule has 0 saturated carbocycles. The monoisotopic (exact) mass is 818 g/mol. The van der Waals surface area contributed by atoms with Crippen molar-refractivity contribution < 1.29 is 19.1 Å². The van der Waals surface area contributed by atoms with Gasteiger partial charge in [-0.1, -0.05) is 214 Å². The van der Waals surface area contributed by atoms with Gasteiger partial charge >= 0.3 is 11.9 Å². The molecule has 0 aromatic carbocycles. The van der Waals surface area contributed by atoms with Crippen LogP contribution in [0.25, 0.3) is 0 Å². The lowest BCUT2D eigenvalue weighted by Gasteiger charge is -2.30. The molecule has 1 heterocycles. The molecule has 344 valence electrons. The normalized spacial score (nSPS) is 13.6. The lowest BCUT2D eigenvalue weighted by atomic mass is 9.92. The number of unbranched alkanes of at least 4 members (excludes halogenated alkanes) is 20. The topological polar surface area (TPSA) is 55.8 Å². The molecule has 0 amide bonds. The van der Waals surface area contributed by atoms with Crippen molar-refractivity contribution in [3.63, 3.8) is 0 Å². The van der Waals surface area contributed by atoms with Gasteiger partial charge in [0.1, 0.15) is 0 Å². The highest BCUT2D eigenvalue weighted by Gasteiger charge is 2.17. The Morgan fingerprint density at radius 2 is 0.690 bits per heavy atom. The van der Waals surface area contributed by atoms with Gasteiger partial charge in [0.2, 0.25) is 0 Å². The smallest absolute Gasteiger partial charge is 0.305 e. The lowest BCUT2D eigenvalue weighted by Crippen LogP contribution is -2.34. The molecule has 58 heavy (non-hydrogen) atoms. The molecule has 0 aromatic heterocycles. The van der Waals surface area contributed by atoms with Crippen LogP contribution in [-0.2, 0) is 19.1 Å². The molecule has 5 nitrogen and oxygen atoms in total. The number of likely N-dealkylation sites (tertiary alicyclic amines) is 1. The van der Waals surface area contributed by atoms with Crippen LogP contribution in [0, 0.1) is 17.8 Å². The summed E-state index contributed by atoms with van der Waals surface area (Å²) >= 11 is 0. The number of hydrogen-bond acceptors (Lipinski definition) is 5. The van der Waals surface area contributed by atoms with E-state index in [0.29, 0.717) is 26.1 Å². The van der Waals surface area contributed by atoms with E-state index in [0.717, 1.165) is 56.3 Å². The highest BCUT2D eigenvalue weighted by atomic mass is 16.5. The number of esters is 2. The Hall–Kier alpha value is -1.10. The first kappa shape index (κ1) is 54.9. The molecule has 1 rings (SSSR count). The minimum atomic E-state index is 0.0271. The summed E-state index contributed by atoms with van der Waals surface area (Å²) in [5.41, 5.74) is 0. The summed E-state index contributed by atoms with van der Waals surface area (Å²) in [4.78, 5) is 27.5. The van der Waals surface area contributed by atoms with E-state index in [1.165, 1.54) is 219 Å². The third-order valence-corrected chi connectivity index (χ3v) is 13.4. The SMILES string of the molecule is CCCCCC(CCCCC)CCOC(=O)CCCCCCCCCC(CCCCCCCCCC(=O)OCCC(CCCCC)CCCCC)CN1CCCCC1. The zero-order valence-electron chi connectivity index (χ0n) is 39.9. The summed E-state index contributed by atoms with van der Waals surface area (Å²) in [7, 11) is 0. The quantitative estimate of drug-likeness (QED) is 0.0453. The van der Waals surface area contributed by atoms with Crippen LogP contribution < -0.4 is 0 Å². The van der Waals surface area contributed by atoms with E-state index in [9.17, 15) is 9.59 Å². The predicted octanol–water partition coefficient (Wildman–Crippen LogP) is 16.5. The fourth-order valence-corrected chi connectivity index (χ4v) is 9.43. The highest BCUT2D eigenvalue weighted by molar-refractivity contribution is 5.69. The second-order valence-electron chi connectivity index (χ2n) is 19.0. The summed E-state index contributed by atoms with van der Waals surface area (Å²) in [6, 6.07) is 0. The van der Waals surface area contributed by atoms with Gasteiger partial charge in [-0.05, 0) is 82.2 Å². The van der Waals surface area contributed by atoms with Gasteiger partial charge in [-0.15, -0.1) is 0 Å². The predicted molar refractivity (Wildman–Crippen MR) is 252 cm³/mol. The fourth-order valence-electron chi connectivity index (χ4n) is 9.43. The van der Waals surface area contributed by atoms with Gasteiger partial charge < -0.3 is 14.4 Å². The Morgan fingerprint density at radius 3 is 1.05 bits per heavy atom. The van der Waals surface area contributed by atoms with Crippen molar-refractivity contribution in [3.8, 4) is 0 Å². The van der Waals surface area contributed by atoms with E-state index in [4.69, 9.17) is 9.47 Å². The third kappa shape index (κ3) is 35.6. The van der Waals surface area contributed by atoms with Crippen LogP contribution >= 0.6 is 0 Å². The summed E-state index contributed by atoms with van der Waals surface area (Å²) < 4.78 is 11.3. The maximum atomic E-state index is 12.4. The maximum Gasteiger partial charge on any atom is 0.305 e. The molecule has 1 aliphatic rings. The molecule has 1 saturated heterocycles. The lowest BCUT2D eigenvalue weighted by molar-refractivity contribution is -0.145. The van der Waals surface area contributed by atoms with Crippen LogP contribution in [0.5, 0.6) is 0 Å². The number of ether oxygens (including phenoxy) is 2. The fraction of sp³-hybridized carbons (Fsp3) is 0.962. The molecule has 1 fully saturated rings. The van der Waals surface area contributed by atoms with Gasteiger partial charge in [0.15, 0.2) is 0 Å². The Labute approximate surface area is 363 Å². The molecule has 0 unspecified atom stereocenters. The highest BCUT2D eigenvalue weighted by Crippen LogP contribution is 2.25. The summed E-state index contributed by atoms with van der Waals surface area (Å²) in [5.74, 6) is 2.38. The average molecular weight is 818 g/mol. The van der Waals surface area contributed by atoms with Crippen LogP contribution in [-0.4, -0.2) is 49.7 Å². The van der Waals surface area contributed by atoms with Crippen LogP contribution in [0.1, 0.15) is 278 Å². The van der Waals surface area contributed by atoms with Crippen molar-refractivity contribution in [2.45, 2.75) is 278 Å². The number of nitrogens with zero attached hydrogens (tertiary/aromatic N) is 1. The van der Waals surface area contributed by atoms with Crippen molar-refractivity contribution in [1.82, 2.24) is 4.90 Å². The van der Waals surface area contributed by atoms with Crippen molar-refractivity contribution >= 4 is 11.9 Å². The van der Waals surface area contributed by atoms with E-state index in [1.54, 1.807) is 0 Å². The van der Waals surface area contributed by atoms with Crippen LogP contribution in [0.3, 0.4) is 0 Å². The van der Waals surface area contributed by atoms with Crippen molar-refractivity contribution in [3.05, 3.63) is 0 Å². The summed E-state index contributed by atoms with van der Waals surface area (Å²) in [6.07, 6.45) is 48.8. The third-order valence-electron chi connectivity index (χ3n) is 13.4. The Balaban J connectivity index is 2.13. The largest absolute Gasteiger partial charge is 0.466 e. The molecule has 0 spiro atoms. The Kier molecular flexibility index (Phi) is 40.3. The van der Waals surface area contributed by atoms with Gasteiger partial charge in [0.25, 0.3) is 0 Å². The molecule has 0 bridgehead atoms. The number of carbonyl (C=O) groups excluding carboxylic acids is 2. The summed E-state index contributed by atoms with van der Waals surface area (Å²) in [5, 5.41) is 0. The zero-order chi connectivity index (χ0) is 42.0. The van der Waals surface area contributed by atoms with Gasteiger partial charge in [-0.2, -0.15) is 0 Å². The first-order chi connectivity index (χ1) is 28.5. The van der Waals surface area contributed by atoms with Crippen molar-refractivity contribution in [2.75, 3.05) is 32.8 Å². The van der Waals surface area contributed by atoms with Gasteiger partial charge in [0, 0.05) is 19.4 Å². The van der Waals surface area contributed by atoms with Crippen LogP contribution in [0.2, 0.25) is 0 Å². The summed E-state index contributed by atoms with van der Waals surface area (Å²) in [6.45, 7) is 14.3. The molecule has 0 atom stereocenters. The van der Waals surface area contributed by atoms with E-state index in [2.05, 4.69) is 32.6 Å². The van der Waals surface area contributed by atoms with Crippen molar-refractivity contribution in [1.29, 1.82) is 0 Å². The molecular weight excluding hydrogens is 715 g/mol. The molecular formula is C53H103NO4. The van der Waals surface area contributed by atoms with E-state index in [-0.39, 0.29) is 11.9 Å². The number of piperidine rings is 1. The van der Waals surface area contributed by atoms with Crippen LogP contribution in [0.15, 0.2) is 0 Å². The second-order valence-corrected chi connectivity index (χ2v) is 19.0. The minimum absolute atomic E-state index is 0.0271. The van der Waals surface area contributed by atoms with Gasteiger partial charge in [0.05, 0.1) is 13.2 Å². The molecule has 0 aliphatic carbocycles. The van der Waals surface area contributed by atoms with E-state index in [1.807, 2.05) is 0 Å². The molecule has 1 aliphatic heterocycles. The van der Waals surface area contributed by atoms with Gasteiger partial charge in [-0.25, -0.2) is 0 Å². The first-order valence-corrected chi connectivity index (χ1v) is 26.6. The second kappa shape index (κ2) is 42.6. The maximum absolute atomic E-state index is 12.4. The standard InChI is InChI=1S/C53H103NO4/c1-5-9-24-34-49(35-25-10-6-2)42-46-57-52(55)40-30-21-17-13-15-19-28-38-51(48-54-44-32-23-33-45-54)39-29-20-16-14-18-22-31-41-53(56)58-47-43-50(36-26-11-7-3)37-27-12-8-4/h49-51H,5-48H2,1-4H3. The number of hydrogen-bond donors (Lipinski definition) is 0. The Bertz CT molecular complexity index is 792. The average Bonchev–Trinajstić information content (AvgIpc) is 3.22. The zero-order valence-corrected chi connectivity index (χ0v) is 39.9. The molecule has 5 heteroatoms. The number of rotatable bonds is 44. The van der Waals surface area contributed by atoms with Gasteiger partial charge in [-0.3, -0.25) is 9.59 Å². The van der Waals surface area contributed by atoms with E-state index < -0.39 is 0 Å². The minimum Gasteiger partial charge on any atom is -0.466 e.